The van der Waals surface area contributed by atoms with E-state index < -0.39 is 23.3 Å². The van der Waals surface area contributed by atoms with E-state index in [0.717, 1.165) is 0 Å². The van der Waals surface area contributed by atoms with Gasteiger partial charge in [-0.15, -0.1) is 0 Å². The molecular weight excluding hydrogens is 300 g/mol. The number of pyridine rings is 1. The molecule has 2 N–H and O–H groups in total. The third kappa shape index (κ3) is 3.80. The van der Waals surface area contributed by atoms with E-state index in [2.05, 4.69) is 26.2 Å². The van der Waals surface area contributed by atoms with Gasteiger partial charge in [-0.3, -0.25) is 4.79 Å². The number of carbonyl (C=O) groups excluding carboxylic acids is 1. The molecule has 1 atom stereocenters. The summed E-state index contributed by atoms with van der Waals surface area (Å²) in [5.41, 5.74) is -0.395. The van der Waals surface area contributed by atoms with E-state index in [1.54, 1.807) is 32.9 Å². The number of hydrogen-bond donors (Lipinski definition) is 2. The molecule has 5 nitrogen and oxygen atoms in total. The molecule has 0 aliphatic carbocycles. The standard InChI is InChI=1S/C12H15BrN2O3/c1-12(2,3)9(11(17)18)15-10(16)7-5-4-6-8(13)14-7/h4-6,9H,1-3H3,(H,15,16)(H,17,18)/t9-/m0/s1. The normalized spacial score (nSPS) is 12.9. The lowest BCUT2D eigenvalue weighted by atomic mass is 9.86. The van der Waals surface area contributed by atoms with E-state index in [9.17, 15) is 9.59 Å². The van der Waals surface area contributed by atoms with Gasteiger partial charge in [0.1, 0.15) is 16.3 Å². The highest BCUT2D eigenvalue weighted by atomic mass is 79.9. The maximum atomic E-state index is 11.9. The molecule has 0 saturated carbocycles. The lowest BCUT2D eigenvalue weighted by Gasteiger charge is -2.27. The third-order valence-corrected chi connectivity index (χ3v) is 2.78. The van der Waals surface area contributed by atoms with Crippen LogP contribution in [0, 0.1) is 5.41 Å². The molecule has 0 unspecified atom stereocenters. The quantitative estimate of drug-likeness (QED) is 0.837. The van der Waals surface area contributed by atoms with Gasteiger partial charge >= 0.3 is 5.97 Å². The van der Waals surface area contributed by atoms with Crippen molar-refractivity contribution < 1.29 is 14.7 Å². The van der Waals surface area contributed by atoms with E-state index in [-0.39, 0.29) is 5.69 Å². The van der Waals surface area contributed by atoms with Gasteiger partial charge in [0, 0.05) is 0 Å². The summed E-state index contributed by atoms with van der Waals surface area (Å²) in [6.45, 7) is 5.25. The third-order valence-electron chi connectivity index (χ3n) is 2.34. The zero-order chi connectivity index (χ0) is 13.9. The van der Waals surface area contributed by atoms with Crippen molar-refractivity contribution in [2.75, 3.05) is 0 Å². The Morgan fingerprint density at radius 1 is 1.39 bits per heavy atom. The van der Waals surface area contributed by atoms with E-state index in [4.69, 9.17) is 5.11 Å². The number of carbonyl (C=O) groups is 2. The first-order chi connectivity index (χ1) is 8.21. The van der Waals surface area contributed by atoms with Crippen molar-refractivity contribution in [1.82, 2.24) is 10.3 Å². The molecule has 0 radical (unpaired) electrons. The first kappa shape index (κ1) is 14.6. The second kappa shape index (κ2) is 5.48. The van der Waals surface area contributed by atoms with Crippen molar-refractivity contribution in [1.29, 1.82) is 0 Å². The summed E-state index contributed by atoms with van der Waals surface area (Å²) < 4.78 is 0.526. The van der Waals surface area contributed by atoms with Crippen LogP contribution in [0.1, 0.15) is 31.3 Å². The summed E-state index contributed by atoms with van der Waals surface area (Å²) in [7, 11) is 0. The Morgan fingerprint density at radius 2 is 2.00 bits per heavy atom. The molecule has 0 aliphatic rings. The molecule has 0 fully saturated rings. The Kier molecular flexibility index (Phi) is 4.45. The lowest BCUT2D eigenvalue weighted by molar-refractivity contribution is -0.142. The molecule has 1 aromatic heterocycles. The number of aliphatic carboxylic acids is 1. The minimum atomic E-state index is -1.06. The second-order valence-electron chi connectivity index (χ2n) is 4.96. The maximum Gasteiger partial charge on any atom is 0.326 e. The number of nitrogens with zero attached hydrogens (tertiary/aromatic N) is 1. The van der Waals surface area contributed by atoms with Crippen LogP contribution in [-0.4, -0.2) is 28.0 Å². The highest BCUT2D eigenvalue weighted by Gasteiger charge is 2.33. The average Bonchev–Trinajstić information content (AvgIpc) is 2.23. The summed E-state index contributed by atoms with van der Waals surface area (Å²) in [5.74, 6) is -1.57. The SMILES string of the molecule is CC(C)(C)[C@@H](NC(=O)c1cccc(Br)n1)C(=O)O. The van der Waals surface area contributed by atoms with Gasteiger partial charge in [-0.2, -0.15) is 0 Å². The molecule has 18 heavy (non-hydrogen) atoms. The van der Waals surface area contributed by atoms with Gasteiger partial charge in [-0.1, -0.05) is 26.8 Å². The van der Waals surface area contributed by atoms with Crippen LogP contribution in [0.25, 0.3) is 0 Å². The van der Waals surface area contributed by atoms with Crippen molar-refractivity contribution in [3.8, 4) is 0 Å². The van der Waals surface area contributed by atoms with Crippen LogP contribution in [0.15, 0.2) is 22.8 Å². The monoisotopic (exact) mass is 314 g/mol. The number of nitrogens with one attached hydrogen (secondary N) is 1. The smallest absolute Gasteiger partial charge is 0.326 e. The van der Waals surface area contributed by atoms with Crippen LogP contribution >= 0.6 is 15.9 Å². The average molecular weight is 315 g/mol. The van der Waals surface area contributed by atoms with Crippen LogP contribution < -0.4 is 5.32 Å². The van der Waals surface area contributed by atoms with E-state index >= 15 is 0 Å². The fourth-order valence-electron chi connectivity index (χ4n) is 1.39. The molecule has 0 bridgehead atoms. The largest absolute Gasteiger partial charge is 0.480 e. The van der Waals surface area contributed by atoms with Crippen LogP contribution in [0.3, 0.4) is 0 Å². The van der Waals surface area contributed by atoms with Gasteiger partial charge in [0.05, 0.1) is 0 Å². The summed E-state index contributed by atoms with van der Waals surface area (Å²) in [6, 6.07) is 3.92. The topological polar surface area (TPSA) is 79.3 Å². The van der Waals surface area contributed by atoms with Gasteiger partial charge in [0.25, 0.3) is 5.91 Å². The summed E-state index contributed by atoms with van der Waals surface area (Å²) in [4.78, 5) is 27.0. The van der Waals surface area contributed by atoms with Gasteiger partial charge in [-0.05, 0) is 33.5 Å². The van der Waals surface area contributed by atoms with E-state index in [0.29, 0.717) is 4.60 Å². The van der Waals surface area contributed by atoms with Gasteiger partial charge in [0.15, 0.2) is 0 Å². The Morgan fingerprint density at radius 3 is 2.44 bits per heavy atom. The number of carboxylic acids is 1. The second-order valence-corrected chi connectivity index (χ2v) is 5.77. The number of hydrogen-bond acceptors (Lipinski definition) is 3. The summed E-state index contributed by atoms with van der Waals surface area (Å²) >= 11 is 3.16. The molecule has 0 aromatic carbocycles. The first-order valence-corrected chi connectivity index (χ1v) is 6.17. The van der Waals surface area contributed by atoms with Crippen molar-refractivity contribution >= 4 is 27.8 Å². The Labute approximate surface area is 114 Å². The highest BCUT2D eigenvalue weighted by Crippen LogP contribution is 2.19. The number of halogens is 1. The summed E-state index contributed by atoms with van der Waals surface area (Å²) in [5, 5.41) is 11.6. The van der Waals surface area contributed by atoms with Crippen LogP contribution in [0.4, 0.5) is 0 Å². The van der Waals surface area contributed by atoms with E-state index in [1.165, 1.54) is 6.07 Å². The predicted octanol–water partition coefficient (Wildman–Crippen LogP) is 2.07. The van der Waals surface area contributed by atoms with Crippen LogP contribution in [-0.2, 0) is 4.79 Å². The molecule has 1 heterocycles. The van der Waals surface area contributed by atoms with Crippen molar-refractivity contribution in [3.63, 3.8) is 0 Å². The lowest BCUT2D eigenvalue weighted by Crippen LogP contribution is -2.49. The van der Waals surface area contributed by atoms with Crippen LogP contribution in [0.5, 0.6) is 0 Å². The Bertz CT molecular complexity index is 469. The number of rotatable bonds is 3. The van der Waals surface area contributed by atoms with Crippen LogP contribution in [0.2, 0.25) is 0 Å². The minimum absolute atomic E-state index is 0.180. The molecule has 1 amide bonds. The van der Waals surface area contributed by atoms with Crippen molar-refractivity contribution in [3.05, 3.63) is 28.5 Å². The van der Waals surface area contributed by atoms with Gasteiger partial charge in [-0.25, -0.2) is 9.78 Å². The predicted molar refractivity (Wildman–Crippen MR) is 70.3 cm³/mol. The fourth-order valence-corrected chi connectivity index (χ4v) is 1.73. The zero-order valence-electron chi connectivity index (χ0n) is 10.4. The van der Waals surface area contributed by atoms with Gasteiger partial charge < -0.3 is 10.4 Å². The Hall–Kier alpha value is -1.43. The minimum Gasteiger partial charge on any atom is -0.480 e. The molecule has 1 aromatic rings. The number of amides is 1. The molecule has 0 aliphatic heterocycles. The number of carboxylic acid groups (broad SMARTS) is 1. The molecule has 0 saturated heterocycles. The fraction of sp³-hybridized carbons (Fsp3) is 0.417. The number of aromatic nitrogens is 1. The molecule has 98 valence electrons. The molecule has 1 rings (SSSR count). The Balaban J connectivity index is 2.89. The highest BCUT2D eigenvalue weighted by molar-refractivity contribution is 9.10. The molecular formula is C12H15BrN2O3. The first-order valence-electron chi connectivity index (χ1n) is 5.38. The van der Waals surface area contributed by atoms with Crippen molar-refractivity contribution in [2.24, 2.45) is 5.41 Å². The van der Waals surface area contributed by atoms with Crippen molar-refractivity contribution in [2.45, 2.75) is 26.8 Å². The maximum absolute atomic E-state index is 11.9. The molecule has 6 heteroatoms. The van der Waals surface area contributed by atoms with Gasteiger partial charge in [0.2, 0.25) is 0 Å². The van der Waals surface area contributed by atoms with E-state index in [1.807, 2.05) is 0 Å². The zero-order valence-corrected chi connectivity index (χ0v) is 12.0. The summed E-state index contributed by atoms with van der Waals surface area (Å²) in [6.07, 6.45) is 0. The molecule has 0 spiro atoms.